The van der Waals surface area contributed by atoms with Crippen LogP contribution in [0.15, 0.2) is 23.0 Å². The molecule has 5 rings (SSSR count). The number of ether oxygens (including phenoxy) is 1. The zero-order chi connectivity index (χ0) is 17.7. The molecule has 5 heteroatoms. The first-order chi connectivity index (χ1) is 12.7. The summed E-state index contributed by atoms with van der Waals surface area (Å²) in [6.07, 6.45) is 6.30. The van der Waals surface area contributed by atoms with E-state index in [0.717, 1.165) is 61.7 Å². The minimum Gasteiger partial charge on any atom is -0.493 e. The number of hydrogen-bond donors (Lipinski definition) is 1. The molecule has 0 aliphatic carbocycles. The lowest BCUT2D eigenvalue weighted by molar-refractivity contribution is 0.187. The van der Waals surface area contributed by atoms with Crippen molar-refractivity contribution in [2.75, 3.05) is 6.61 Å². The molecular weight excluding hydrogens is 326 g/mol. The molecule has 0 saturated carbocycles. The number of nitrogens with zero attached hydrogens (tertiary/aromatic N) is 2. The summed E-state index contributed by atoms with van der Waals surface area (Å²) < 4.78 is 5.75. The minimum atomic E-state index is 0.0610. The lowest BCUT2D eigenvalue weighted by Crippen LogP contribution is -2.36. The van der Waals surface area contributed by atoms with Crippen molar-refractivity contribution in [2.45, 2.75) is 64.1 Å². The fraction of sp³-hybridized carbons (Fsp3) is 0.524. The van der Waals surface area contributed by atoms with Crippen LogP contribution in [0, 0.1) is 6.92 Å². The van der Waals surface area contributed by atoms with Gasteiger partial charge in [0.15, 0.2) is 0 Å². The second kappa shape index (κ2) is 6.23. The van der Waals surface area contributed by atoms with E-state index in [1.54, 1.807) is 0 Å². The molecule has 0 spiro atoms. The number of benzene rings is 1. The van der Waals surface area contributed by atoms with E-state index in [-0.39, 0.29) is 5.56 Å². The Kier molecular flexibility index (Phi) is 3.85. The van der Waals surface area contributed by atoms with Gasteiger partial charge >= 0.3 is 0 Å². The number of fused-ring (bicyclic) bond motifs is 4. The average Bonchev–Trinajstić information content (AvgIpc) is 2.90. The molecule has 2 bridgehead atoms. The highest BCUT2D eigenvalue weighted by Crippen LogP contribution is 2.34. The Hall–Kier alpha value is -2.14. The zero-order valence-corrected chi connectivity index (χ0v) is 15.3. The average molecular weight is 351 g/mol. The highest BCUT2D eigenvalue weighted by molar-refractivity contribution is 5.38. The van der Waals surface area contributed by atoms with Gasteiger partial charge in [0.2, 0.25) is 0 Å². The van der Waals surface area contributed by atoms with Gasteiger partial charge in [-0.05, 0) is 56.2 Å². The fourth-order valence-corrected chi connectivity index (χ4v) is 4.94. The molecule has 1 fully saturated rings. The van der Waals surface area contributed by atoms with Crippen molar-refractivity contribution in [3.63, 3.8) is 0 Å². The van der Waals surface area contributed by atoms with E-state index < -0.39 is 0 Å². The van der Waals surface area contributed by atoms with Crippen molar-refractivity contribution in [1.29, 1.82) is 0 Å². The zero-order valence-electron chi connectivity index (χ0n) is 15.3. The Balaban J connectivity index is 1.43. The largest absolute Gasteiger partial charge is 0.493 e. The summed E-state index contributed by atoms with van der Waals surface area (Å²) >= 11 is 0. The topological polar surface area (TPSA) is 58.2 Å². The first kappa shape index (κ1) is 16.1. The quantitative estimate of drug-likeness (QED) is 0.903. The van der Waals surface area contributed by atoms with Crippen LogP contribution in [-0.4, -0.2) is 33.6 Å². The van der Waals surface area contributed by atoms with Crippen LogP contribution in [-0.2, 0) is 25.8 Å². The predicted molar refractivity (Wildman–Crippen MR) is 99.6 cm³/mol. The van der Waals surface area contributed by atoms with Gasteiger partial charge in [-0.2, -0.15) is 0 Å². The Morgan fingerprint density at radius 3 is 3.00 bits per heavy atom. The second-order valence-corrected chi connectivity index (χ2v) is 7.94. The molecule has 1 aromatic carbocycles. The molecule has 3 aliphatic heterocycles. The van der Waals surface area contributed by atoms with E-state index in [4.69, 9.17) is 4.74 Å². The number of rotatable bonds is 2. The third-order valence-corrected chi connectivity index (χ3v) is 6.20. The van der Waals surface area contributed by atoms with Gasteiger partial charge in [-0.3, -0.25) is 9.69 Å². The van der Waals surface area contributed by atoms with E-state index in [9.17, 15) is 4.79 Å². The van der Waals surface area contributed by atoms with Crippen LogP contribution in [0.3, 0.4) is 0 Å². The molecule has 136 valence electrons. The molecule has 2 aromatic rings. The van der Waals surface area contributed by atoms with Crippen LogP contribution in [0.4, 0.5) is 0 Å². The number of H-pyrrole nitrogens is 1. The van der Waals surface area contributed by atoms with E-state index in [2.05, 4.69) is 33.1 Å². The Morgan fingerprint density at radius 1 is 1.27 bits per heavy atom. The number of aryl methyl sites for hydroxylation is 2. The summed E-state index contributed by atoms with van der Waals surface area (Å²) in [4.78, 5) is 22.6. The first-order valence-corrected chi connectivity index (χ1v) is 9.76. The maximum absolute atomic E-state index is 12.4. The van der Waals surface area contributed by atoms with Crippen LogP contribution < -0.4 is 10.3 Å². The summed E-state index contributed by atoms with van der Waals surface area (Å²) in [5.74, 6) is 1.78. The predicted octanol–water partition coefficient (Wildman–Crippen LogP) is 2.54. The molecule has 2 atom stereocenters. The first-order valence-electron chi connectivity index (χ1n) is 9.76. The number of nitrogens with one attached hydrogen (secondary N) is 1. The van der Waals surface area contributed by atoms with Gasteiger partial charge in [0.1, 0.15) is 11.6 Å². The minimum absolute atomic E-state index is 0.0610. The van der Waals surface area contributed by atoms with E-state index in [1.807, 2.05) is 6.92 Å². The van der Waals surface area contributed by atoms with Crippen LogP contribution in [0.2, 0.25) is 0 Å². The molecular formula is C21H25N3O2. The number of hydrogen-bond acceptors (Lipinski definition) is 4. The molecule has 26 heavy (non-hydrogen) atoms. The van der Waals surface area contributed by atoms with Gasteiger partial charge < -0.3 is 9.72 Å². The monoisotopic (exact) mass is 351 g/mol. The standard InChI is InChI=1S/C21H25N3O2/c1-13-22-19-11-17-6-5-16(10-18(19)21(25)23-13)24(17)12-14-4-7-20-15(9-14)3-2-8-26-20/h4,7,9,16-17H,2-3,5-6,8,10-12H2,1H3,(H,22,23,25). The lowest BCUT2D eigenvalue weighted by Gasteiger charge is -2.28. The van der Waals surface area contributed by atoms with Crippen LogP contribution in [0.5, 0.6) is 5.75 Å². The lowest BCUT2D eigenvalue weighted by atomic mass is 9.98. The normalized spacial score (nSPS) is 24.5. The maximum atomic E-state index is 12.4. The summed E-state index contributed by atoms with van der Waals surface area (Å²) in [7, 11) is 0. The number of aromatic amines is 1. The van der Waals surface area contributed by atoms with Crippen molar-refractivity contribution in [3.8, 4) is 5.75 Å². The van der Waals surface area contributed by atoms with E-state index in [0.29, 0.717) is 12.1 Å². The molecule has 2 unspecified atom stereocenters. The summed E-state index contributed by atoms with van der Waals surface area (Å²) in [6.45, 7) is 3.66. The van der Waals surface area contributed by atoms with Gasteiger partial charge in [0, 0.05) is 30.6 Å². The molecule has 5 nitrogen and oxygen atoms in total. The SMILES string of the molecule is Cc1nc2c(c(=O)[nH]1)CC1CCC(C2)N1Cc1ccc2c(c1)CCCO2. The van der Waals surface area contributed by atoms with Gasteiger partial charge in [0.25, 0.3) is 5.56 Å². The highest BCUT2D eigenvalue weighted by Gasteiger charge is 2.38. The van der Waals surface area contributed by atoms with Crippen LogP contribution >= 0.6 is 0 Å². The van der Waals surface area contributed by atoms with Crippen molar-refractivity contribution < 1.29 is 4.74 Å². The summed E-state index contributed by atoms with van der Waals surface area (Å²) in [6, 6.07) is 7.59. The summed E-state index contributed by atoms with van der Waals surface area (Å²) in [5, 5.41) is 0. The van der Waals surface area contributed by atoms with Crippen molar-refractivity contribution in [2.24, 2.45) is 0 Å². The van der Waals surface area contributed by atoms with Gasteiger partial charge in [-0.1, -0.05) is 12.1 Å². The van der Waals surface area contributed by atoms with Crippen LogP contribution in [0.25, 0.3) is 0 Å². The molecule has 3 aliphatic rings. The second-order valence-electron chi connectivity index (χ2n) is 7.94. The molecule has 0 radical (unpaired) electrons. The molecule has 1 N–H and O–H groups in total. The Labute approximate surface area is 153 Å². The third-order valence-electron chi connectivity index (χ3n) is 6.20. The maximum Gasteiger partial charge on any atom is 0.254 e. The Bertz CT molecular complexity index is 905. The smallest absolute Gasteiger partial charge is 0.254 e. The van der Waals surface area contributed by atoms with Gasteiger partial charge in [-0.25, -0.2) is 4.98 Å². The Morgan fingerprint density at radius 2 is 2.12 bits per heavy atom. The van der Waals surface area contributed by atoms with Gasteiger partial charge in [-0.15, -0.1) is 0 Å². The van der Waals surface area contributed by atoms with E-state index in [1.165, 1.54) is 24.0 Å². The molecule has 1 aromatic heterocycles. The molecule has 4 heterocycles. The highest BCUT2D eigenvalue weighted by atomic mass is 16.5. The fourth-order valence-electron chi connectivity index (χ4n) is 4.94. The van der Waals surface area contributed by atoms with Crippen molar-refractivity contribution in [3.05, 3.63) is 56.8 Å². The third kappa shape index (κ3) is 2.75. The summed E-state index contributed by atoms with van der Waals surface area (Å²) in [5.41, 5.74) is 4.68. The van der Waals surface area contributed by atoms with E-state index >= 15 is 0 Å². The molecule has 0 amide bonds. The van der Waals surface area contributed by atoms with Gasteiger partial charge in [0.05, 0.1) is 12.3 Å². The molecule has 1 saturated heterocycles. The van der Waals surface area contributed by atoms with Crippen LogP contribution in [0.1, 0.15) is 47.5 Å². The number of aromatic nitrogens is 2. The van der Waals surface area contributed by atoms with Crippen molar-refractivity contribution in [1.82, 2.24) is 14.9 Å². The van der Waals surface area contributed by atoms with Crippen molar-refractivity contribution >= 4 is 0 Å².